The second-order valence-corrected chi connectivity index (χ2v) is 5.95. The molecule has 5 nitrogen and oxygen atoms in total. The summed E-state index contributed by atoms with van der Waals surface area (Å²) in [5.41, 5.74) is 0.651. The van der Waals surface area contributed by atoms with Crippen molar-refractivity contribution in [3.05, 3.63) is 50.0 Å². The van der Waals surface area contributed by atoms with Crippen LogP contribution in [0.2, 0.25) is 10.3 Å². The summed E-state index contributed by atoms with van der Waals surface area (Å²) in [5, 5.41) is 9.15. The highest BCUT2D eigenvalue weighted by atomic mass is 127. The second kappa shape index (κ2) is 7.35. The van der Waals surface area contributed by atoms with Gasteiger partial charge in [0.15, 0.2) is 0 Å². The first kappa shape index (κ1) is 16.4. The normalized spacial score (nSPS) is 10.5. The lowest BCUT2D eigenvalue weighted by Crippen LogP contribution is -2.34. The van der Waals surface area contributed by atoms with Crippen LogP contribution in [0.3, 0.4) is 0 Å². The Kier molecular flexibility index (Phi) is 5.74. The van der Waals surface area contributed by atoms with Crippen molar-refractivity contribution in [3.8, 4) is 0 Å². The molecule has 0 aliphatic carbocycles. The summed E-state index contributed by atoms with van der Waals surface area (Å²) < 4.78 is 1.03. The first-order chi connectivity index (χ1) is 10.0. The maximum absolute atomic E-state index is 12.6. The van der Waals surface area contributed by atoms with Gasteiger partial charge in [0.1, 0.15) is 22.2 Å². The van der Waals surface area contributed by atoms with E-state index in [9.17, 15) is 9.90 Å². The van der Waals surface area contributed by atoms with Gasteiger partial charge in [-0.25, -0.2) is 9.97 Å². The van der Waals surface area contributed by atoms with Crippen LogP contribution in [0, 0.1) is 3.57 Å². The van der Waals surface area contributed by atoms with Gasteiger partial charge in [-0.05, 0) is 46.9 Å². The standard InChI is InChI=1S/C13H10Cl2IN3O2/c14-11-10(12(15)18-7-17-11)13(21)19(5-6-20)9-3-1-8(16)2-4-9/h1-4,7,20H,5-6H2. The molecule has 0 spiro atoms. The van der Waals surface area contributed by atoms with Crippen LogP contribution in [-0.4, -0.2) is 34.1 Å². The molecule has 110 valence electrons. The number of anilines is 1. The molecule has 21 heavy (non-hydrogen) atoms. The number of rotatable bonds is 4. The number of nitrogens with zero attached hydrogens (tertiary/aromatic N) is 3. The molecular formula is C13H10Cl2IN3O2. The van der Waals surface area contributed by atoms with E-state index in [1.165, 1.54) is 11.2 Å². The fourth-order valence-electron chi connectivity index (χ4n) is 1.72. The van der Waals surface area contributed by atoms with Crippen molar-refractivity contribution >= 4 is 57.4 Å². The summed E-state index contributed by atoms with van der Waals surface area (Å²) in [6.45, 7) is -0.0817. The van der Waals surface area contributed by atoms with Crippen LogP contribution in [0.15, 0.2) is 30.6 Å². The summed E-state index contributed by atoms with van der Waals surface area (Å²) in [5.74, 6) is -0.458. The summed E-state index contributed by atoms with van der Waals surface area (Å²) >= 11 is 14.0. The Bertz CT molecular complexity index is 632. The number of benzene rings is 1. The molecule has 0 fully saturated rings. The zero-order chi connectivity index (χ0) is 15.4. The van der Waals surface area contributed by atoms with Gasteiger partial charge in [0.2, 0.25) is 0 Å². The van der Waals surface area contributed by atoms with Gasteiger partial charge in [-0.15, -0.1) is 0 Å². The largest absolute Gasteiger partial charge is 0.395 e. The fraction of sp³-hybridized carbons (Fsp3) is 0.154. The lowest BCUT2D eigenvalue weighted by Gasteiger charge is -2.22. The number of amides is 1. The fourth-order valence-corrected chi connectivity index (χ4v) is 2.56. The molecule has 0 radical (unpaired) electrons. The Balaban J connectivity index is 2.42. The number of carbonyl (C=O) groups is 1. The van der Waals surface area contributed by atoms with E-state index in [4.69, 9.17) is 23.2 Å². The SMILES string of the molecule is O=C(c1c(Cl)ncnc1Cl)N(CCO)c1ccc(I)cc1. The average Bonchev–Trinajstić information content (AvgIpc) is 2.45. The number of aromatic nitrogens is 2. The van der Waals surface area contributed by atoms with Gasteiger partial charge < -0.3 is 10.0 Å². The molecule has 0 aliphatic rings. The summed E-state index contributed by atoms with van der Waals surface area (Å²) in [6.07, 6.45) is 1.18. The van der Waals surface area contributed by atoms with Crippen molar-refractivity contribution < 1.29 is 9.90 Å². The van der Waals surface area contributed by atoms with Gasteiger partial charge in [0, 0.05) is 15.8 Å². The van der Waals surface area contributed by atoms with Crippen LogP contribution in [0.5, 0.6) is 0 Å². The van der Waals surface area contributed by atoms with Crippen molar-refractivity contribution in [2.75, 3.05) is 18.1 Å². The Morgan fingerprint density at radius 1 is 1.19 bits per heavy atom. The average molecular weight is 438 g/mol. The number of halogens is 3. The van der Waals surface area contributed by atoms with Crippen molar-refractivity contribution in [1.29, 1.82) is 0 Å². The molecule has 2 rings (SSSR count). The smallest absolute Gasteiger partial charge is 0.264 e. The van der Waals surface area contributed by atoms with E-state index in [-0.39, 0.29) is 29.0 Å². The van der Waals surface area contributed by atoms with Crippen molar-refractivity contribution in [2.24, 2.45) is 0 Å². The third-order valence-electron chi connectivity index (χ3n) is 2.68. The monoisotopic (exact) mass is 437 g/mol. The maximum Gasteiger partial charge on any atom is 0.264 e. The van der Waals surface area contributed by atoms with Crippen LogP contribution in [0.1, 0.15) is 10.4 Å². The number of aliphatic hydroxyl groups is 1. The summed E-state index contributed by atoms with van der Waals surface area (Å²) in [4.78, 5) is 21.5. The van der Waals surface area contributed by atoms with E-state index in [2.05, 4.69) is 32.6 Å². The number of hydrogen-bond acceptors (Lipinski definition) is 4. The highest BCUT2D eigenvalue weighted by Gasteiger charge is 2.24. The van der Waals surface area contributed by atoms with E-state index >= 15 is 0 Å². The van der Waals surface area contributed by atoms with Crippen LogP contribution >= 0.6 is 45.8 Å². The first-order valence-electron chi connectivity index (χ1n) is 5.89. The number of carbonyl (C=O) groups excluding carboxylic acids is 1. The quantitative estimate of drug-likeness (QED) is 0.589. The van der Waals surface area contributed by atoms with E-state index < -0.39 is 5.91 Å². The Morgan fingerprint density at radius 3 is 2.29 bits per heavy atom. The highest BCUT2D eigenvalue weighted by molar-refractivity contribution is 14.1. The molecule has 1 amide bonds. The van der Waals surface area contributed by atoms with Gasteiger partial charge in [0.25, 0.3) is 5.91 Å². The van der Waals surface area contributed by atoms with Crippen LogP contribution in [-0.2, 0) is 0 Å². The Hall–Kier alpha value is -0.960. The van der Waals surface area contributed by atoms with Gasteiger partial charge >= 0.3 is 0 Å². The van der Waals surface area contributed by atoms with Crippen molar-refractivity contribution in [3.63, 3.8) is 0 Å². The van der Waals surface area contributed by atoms with Crippen molar-refractivity contribution in [2.45, 2.75) is 0 Å². The van der Waals surface area contributed by atoms with Crippen LogP contribution in [0.25, 0.3) is 0 Å². The second-order valence-electron chi connectivity index (χ2n) is 3.99. The van der Waals surface area contributed by atoms with Gasteiger partial charge in [-0.2, -0.15) is 0 Å². The van der Waals surface area contributed by atoms with E-state index in [0.29, 0.717) is 5.69 Å². The summed E-state index contributed by atoms with van der Waals surface area (Å²) in [7, 11) is 0. The minimum atomic E-state index is -0.458. The minimum Gasteiger partial charge on any atom is -0.395 e. The first-order valence-corrected chi connectivity index (χ1v) is 7.72. The number of hydrogen-bond donors (Lipinski definition) is 1. The molecule has 0 bridgehead atoms. The van der Waals surface area contributed by atoms with E-state index in [0.717, 1.165) is 3.57 Å². The lowest BCUT2D eigenvalue weighted by molar-refractivity contribution is 0.0980. The minimum absolute atomic E-state index is 0.0200. The molecule has 1 aromatic heterocycles. The van der Waals surface area contributed by atoms with E-state index in [1.807, 2.05) is 12.1 Å². The van der Waals surface area contributed by atoms with Gasteiger partial charge in [-0.3, -0.25) is 4.79 Å². The molecule has 2 aromatic rings. The summed E-state index contributed by atoms with van der Waals surface area (Å²) in [6, 6.07) is 7.28. The van der Waals surface area contributed by atoms with Crippen molar-refractivity contribution in [1.82, 2.24) is 9.97 Å². The predicted molar refractivity (Wildman–Crippen MR) is 90.0 cm³/mol. The lowest BCUT2D eigenvalue weighted by atomic mass is 10.2. The van der Waals surface area contributed by atoms with Crippen LogP contribution in [0.4, 0.5) is 5.69 Å². The Morgan fingerprint density at radius 2 is 1.76 bits per heavy atom. The molecule has 1 heterocycles. The number of aliphatic hydroxyl groups excluding tert-OH is 1. The third-order valence-corrected chi connectivity index (χ3v) is 3.97. The maximum atomic E-state index is 12.6. The van der Waals surface area contributed by atoms with Gasteiger partial charge in [0.05, 0.1) is 6.61 Å². The topological polar surface area (TPSA) is 66.3 Å². The molecule has 0 aliphatic heterocycles. The third kappa shape index (κ3) is 3.82. The van der Waals surface area contributed by atoms with Gasteiger partial charge in [-0.1, -0.05) is 23.2 Å². The zero-order valence-corrected chi connectivity index (χ0v) is 14.3. The molecule has 0 saturated carbocycles. The molecule has 8 heteroatoms. The highest BCUT2D eigenvalue weighted by Crippen LogP contribution is 2.25. The molecule has 0 atom stereocenters. The van der Waals surface area contributed by atoms with E-state index in [1.54, 1.807) is 12.1 Å². The molecule has 1 aromatic carbocycles. The molecular weight excluding hydrogens is 428 g/mol. The predicted octanol–water partition coefficient (Wildman–Crippen LogP) is 3.03. The zero-order valence-electron chi connectivity index (χ0n) is 10.6. The van der Waals surface area contributed by atoms with Crippen LogP contribution < -0.4 is 4.90 Å². The molecule has 0 unspecified atom stereocenters. The molecule has 1 N–H and O–H groups in total. The Labute approximate surface area is 145 Å². The molecule has 0 saturated heterocycles.